The van der Waals surface area contributed by atoms with Gasteiger partial charge in [-0.2, -0.15) is 0 Å². The molecule has 7 heteroatoms. The predicted octanol–water partition coefficient (Wildman–Crippen LogP) is 0.709. The summed E-state index contributed by atoms with van der Waals surface area (Å²) in [5.74, 6) is 0.0339. The molecule has 136 valence electrons. The number of hydrogen-bond donors (Lipinski definition) is 3. The topological polar surface area (TPSA) is 82.7 Å². The minimum Gasteiger partial charge on any atom is -0.369 e. The van der Waals surface area contributed by atoms with Crippen LogP contribution in [0.2, 0.25) is 0 Å². The maximum Gasteiger partial charge on any atom is 0.315 e. The fourth-order valence-electron chi connectivity index (χ4n) is 3.08. The van der Waals surface area contributed by atoms with E-state index in [2.05, 4.69) is 16.0 Å². The van der Waals surface area contributed by atoms with Crippen LogP contribution in [0.5, 0.6) is 0 Å². The molecule has 2 fully saturated rings. The normalized spacial score (nSPS) is 18.8. The van der Waals surface area contributed by atoms with E-state index in [0.29, 0.717) is 31.8 Å². The van der Waals surface area contributed by atoms with E-state index in [4.69, 9.17) is 4.74 Å². The summed E-state index contributed by atoms with van der Waals surface area (Å²) in [5, 5.41) is 8.79. The van der Waals surface area contributed by atoms with Crippen LogP contribution in [-0.2, 0) is 11.3 Å². The number of rotatable bonds is 4. The second-order valence-corrected chi connectivity index (χ2v) is 7.04. The van der Waals surface area contributed by atoms with Crippen LogP contribution in [0.1, 0.15) is 29.8 Å². The van der Waals surface area contributed by atoms with Crippen molar-refractivity contribution in [3.63, 3.8) is 0 Å². The summed E-state index contributed by atoms with van der Waals surface area (Å²) < 4.78 is 5.82. The van der Waals surface area contributed by atoms with Crippen LogP contribution in [0, 0.1) is 0 Å². The highest BCUT2D eigenvalue weighted by atomic mass is 16.5. The van der Waals surface area contributed by atoms with Crippen LogP contribution >= 0.6 is 0 Å². The van der Waals surface area contributed by atoms with Gasteiger partial charge in [0.05, 0.1) is 13.2 Å². The number of amides is 3. The van der Waals surface area contributed by atoms with Gasteiger partial charge in [0.2, 0.25) is 0 Å². The predicted molar refractivity (Wildman–Crippen MR) is 94.4 cm³/mol. The Kier molecular flexibility index (Phi) is 5.24. The first kappa shape index (κ1) is 17.7. The van der Waals surface area contributed by atoms with Crippen molar-refractivity contribution in [2.75, 3.05) is 32.8 Å². The lowest BCUT2D eigenvalue weighted by Gasteiger charge is -2.48. The molecule has 3 N–H and O–H groups in total. The van der Waals surface area contributed by atoms with Gasteiger partial charge in [0, 0.05) is 37.8 Å². The third kappa shape index (κ3) is 4.29. The van der Waals surface area contributed by atoms with Crippen molar-refractivity contribution in [1.29, 1.82) is 0 Å². The summed E-state index contributed by atoms with van der Waals surface area (Å²) in [7, 11) is 0. The number of nitrogens with one attached hydrogen (secondary N) is 3. The molecule has 2 heterocycles. The van der Waals surface area contributed by atoms with Gasteiger partial charge in [-0.15, -0.1) is 0 Å². The number of nitrogens with zero attached hydrogens (tertiary/aromatic N) is 1. The van der Waals surface area contributed by atoms with Crippen LogP contribution < -0.4 is 16.0 Å². The molecule has 0 aromatic heterocycles. The molecule has 3 rings (SSSR count). The van der Waals surface area contributed by atoms with Gasteiger partial charge in [-0.05, 0) is 31.5 Å². The summed E-state index contributed by atoms with van der Waals surface area (Å²) >= 11 is 0. The molecule has 2 aliphatic heterocycles. The minimum atomic E-state index is -0.193. The average Bonchev–Trinajstić information content (AvgIpc) is 2.58. The quantitative estimate of drug-likeness (QED) is 0.750. The summed E-state index contributed by atoms with van der Waals surface area (Å²) in [4.78, 5) is 26.2. The number of morpholine rings is 1. The number of urea groups is 1. The van der Waals surface area contributed by atoms with Gasteiger partial charge >= 0.3 is 6.03 Å². The maximum absolute atomic E-state index is 12.7. The lowest BCUT2D eigenvalue weighted by Crippen LogP contribution is -2.69. The number of carbonyl (C=O) groups excluding carboxylic acids is 2. The van der Waals surface area contributed by atoms with Crippen LogP contribution in [0.4, 0.5) is 4.79 Å². The fourth-order valence-corrected chi connectivity index (χ4v) is 3.08. The van der Waals surface area contributed by atoms with Gasteiger partial charge in [0.15, 0.2) is 0 Å². The molecular formula is C18H26N4O3. The van der Waals surface area contributed by atoms with Crippen molar-refractivity contribution in [2.24, 2.45) is 0 Å². The molecular weight excluding hydrogens is 320 g/mol. The number of benzene rings is 1. The Morgan fingerprint density at radius 2 is 2.00 bits per heavy atom. The van der Waals surface area contributed by atoms with Gasteiger partial charge < -0.3 is 25.6 Å². The standard InChI is InChI=1S/C18H26N4O3/c1-13(2)21-17(24)20-9-14-3-5-15(6-4-14)16(23)22-7-8-25-18(12-22)10-19-11-18/h3-6,13,19H,7-12H2,1-2H3,(H2,20,21,24). The van der Waals surface area contributed by atoms with Crippen LogP contribution in [0.3, 0.4) is 0 Å². The van der Waals surface area contributed by atoms with Crippen molar-refractivity contribution < 1.29 is 14.3 Å². The number of carbonyl (C=O) groups is 2. The van der Waals surface area contributed by atoms with E-state index in [1.807, 2.05) is 43.0 Å². The summed E-state index contributed by atoms with van der Waals surface area (Å²) in [5.41, 5.74) is 1.43. The Labute approximate surface area is 148 Å². The molecule has 0 saturated carbocycles. The highest BCUT2D eigenvalue weighted by Gasteiger charge is 2.43. The van der Waals surface area contributed by atoms with E-state index in [-0.39, 0.29) is 23.6 Å². The van der Waals surface area contributed by atoms with Crippen molar-refractivity contribution in [1.82, 2.24) is 20.9 Å². The SMILES string of the molecule is CC(C)NC(=O)NCc1ccc(C(=O)N2CCOC3(CNC3)C2)cc1. The molecule has 2 saturated heterocycles. The van der Waals surface area contributed by atoms with Crippen molar-refractivity contribution in [3.05, 3.63) is 35.4 Å². The lowest BCUT2D eigenvalue weighted by atomic mass is 9.94. The smallest absolute Gasteiger partial charge is 0.315 e. The van der Waals surface area contributed by atoms with Gasteiger partial charge in [0.1, 0.15) is 5.60 Å². The van der Waals surface area contributed by atoms with Gasteiger partial charge in [0.25, 0.3) is 5.91 Å². The maximum atomic E-state index is 12.7. The first-order valence-electron chi connectivity index (χ1n) is 8.75. The molecule has 1 aromatic carbocycles. The van der Waals surface area contributed by atoms with E-state index < -0.39 is 0 Å². The zero-order chi connectivity index (χ0) is 17.9. The third-order valence-electron chi connectivity index (χ3n) is 4.50. The Morgan fingerprint density at radius 1 is 1.28 bits per heavy atom. The molecule has 0 radical (unpaired) electrons. The lowest BCUT2D eigenvalue weighted by molar-refractivity contribution is -0.126. The van der Waals surface area contributed by atoms with E-state index in [1.54, 1.807) is 0 Å². The first-order valence-corrected chi connectivity index (χ1v) is 8.75. The zero-order valence-electron chi connectivity index (χ0n) is 14.8. The molecule has 0 bridgehead atoms. The third-order valence-corrected chi connectivity index (χ3v) is 4.50. The van der Waals surface area contributed by atoms with Crippen molar-refractivity contribution >= 4 is 11.9 Å². The summed E-state index contributed by atoms with van der Waals surface area (Å²) in [6, 6.07) is 7.31. The first-order chi connectivity index (χ1) is 12.0. The van der Waals surface area contributed by atoms with Crippen LogP contribution in [0.25, 0.3) is 0 Å². The van der Waals surface area contributed by atoms with E-state index >= 15 is 0 Å². The average molecular weight is 346 g/mol. The van der Waals surface area contributed by atoms with Crippen molar-refractivity contribution in [2.45, 2.75) is 32.0 Å². The highest BCUT2D eigenvalue weighted by molar-refractivity contribution is 5.94. The largest absolute Gasteiger partial charge is 0.369 e. The molecule has 7 nitrogen and oxygen atoms in total. The molecule has 2 aliphatic rings. The van der Waals surface area contributed by atoms with Crippen LogP contribution in [0.15, 0.2) is 24.3 Å². The van der Waals surface area contributed by atoms with Gasteiger partial charge in [-0.25, -0.2) is 4.79 Å². The van der Waals surface area contributed by atoms with Gasteiger partial charge in [-0.1, -0.05) is 12.1 Å². The molecule has 0 unspecified atom stereocenters. The molecule has 0 atom stereocenters. The van der Waals surface area contributed by atoms with Crippen molar-refractivity contribution in [3.8, 4) is 0 Å². The van der Waals surface area contributed by atoms with E-state index in [0.717, 1.165) is 18.7 Å². The van der Waals surface area contributed by atoms with E-state index in [9.17, 15) is 9.59 Å². The molecule has 25 heavy (non-hydrogen) atoms. The highest BCUT2D eigenvalue weighted by Crippen LogP contribution is 2.23. The number of ether oxygens (including phenoxy) is 1. The second-order valence-electron chi connectivity index (χ2n) is 7.04. The molecule has 3 amide bonds. The molecule has 1 aromatic rings. The summed E-state index contributed by atoms with van der Waals surface area (Å²) in [6.45, 7) is 7.71. The Bertz CT molecular complexity index is 626. The number of hydrogen-bond acceptors (Lipinski definition) is 4. The molecule has 0 aliphatic carbocycles. The Hall–Kier alpha value is -2.12. The van der Waals surface area contributed by atoms with E-state index in [1.165, 1.54) is 0 Å². The minimum absolute atomic E-state index is 0.0339. The fraction of sp³-hybridized carbons (Fsp3) is 0.556. The van der Waals surface area contributed by atoms with Crippen LogP contribution in [-0.4, -0.2) is 61.3 Å². The van der Waals surface area contributed by atoms with Gasteiger partial charge in [-0.3, -0.25) is 4.79 Å². The second kappa shape index (κ2) is 7.41. The monoisotopic (exact) mass is 346 g/mol. The zero-order valence-corrected chi connectivity index (χ0v) is 14.8. The Morgan fingerprint density at radius 3 is 2.60 bits per heavy atom. The Balaban J connectivity index is 1.54. The summed E-state index contributed by atoms with van der Waals surface area (Å²) in [6.07, 6.45) is 0. The molecule has 1 spiro atoms.